The van der Waals surface area contributed by atoms with Gasteiger partial charge in [0.25, 0.3) is 0 Å². The van der Waals surface area contributed by atoms with Crippen LogP contribution in [0.5, 0.6) is 17.2 Å². The van der Waals surface area contributed by atoms with Gasteiger partial charge in [-0.1, -0.05) is 42.5 Å². The minimum absolute atomic E-state index is 0.0388. The minimum atomic E-state index is -0.310. The summed E-state index contributed by atoms with van der Waals surface area (Å²) in [6, 6.07) is 21.8. The van der Waals surface area contributed by atoms with E-state index in [1.807, 2.05) is 30.3 Å². The number of anilines is 1. The lowest BCUT2D eigenvalue weighted by molar-refractivity contribution is -0.119. The van der Waals surface area contributed by atoms with Gasteiger partial charge >= 0.3 is 0 Å². The average molecular weight is 458 g/mol. The summed E-state index contributed by atoms with van der Waals surface area (Å²) in [6.07, 6.45) is 0.235. The fourth-order valence-electron chi connectivity index (χ4n) is 4.75. The first-order valence-corrected chi connectivity index (χ1v) is 11.0. The standard InChI is InChI=1S/C28H24FNO4/c1-33-24-13-19(14-25(34-2)28(24)32)22-15-26(31)30(16-17-7-10-20(29)11-8-17)23-12-9-18-5-3-4-6-21(18)27(22)23/h3-14,22,32H,15-16H2,1-2H3. The van der Waals surface area contributed by atoms with E-state index >= 15 is 0 Å². The highest BCUT2D eigenvalue weighted by molar-refractivity contribution is 6.03. The quantitative estimate of drug-likeness (QED) is 0.413. The molecule has 0 aromatic heterocycles. The van der Waals surface area contributed by atoms with E-state index in [2.05, 4.69) is 6.07 Å². The van der Waals surface area contributed by atoms with Gasteiger partial charge in [-0.3, -0.25) is 4.79 Å². The molecule has 1 atom stereocenters. The Labute approximate surface area is 197 Å². The third kappa shape index (κ3) is 3.71. The highest BCUT2D eigenvalue weighted by Crippen LogP contribution is 2.47. The largest absolute Gasteiger partial charge is 0.502 e. The van der Waals surface area contributed by atoms with Crippen molar-refractivity contribution in [1.82, 2.24) is 0 Å². The second kappa shape index (κ2) is 8.71. The van der Waals surface area contributed by atoms with Crippen LogP contribution in [0.25, 0.3) is 10.8 Å². The van der Waals surface area contributed by atoms with Gasteiger partial charge in [-0.05, 0) is 57.8 Å². The smallest absolute Gasteiger partial charge is 0.228 e. The van der Waals surface area contributed by atoms with Crippen LogP contribution < -0.4 is 14.4 Å². The highest BCUT2D eigenvalue weighted by atomic mass is 19.1. The van der Waals surface area contributed by atoms with Gasteiger partial charge in [0, 0.05) is 18.0 Å². The number of hydrogen-bond acceptors (Lipinski definition) is 4. The number of ether oxygens (including phenoxy) is 2. The van der Waals surface area contributed by atoms with Crippen LogP contribution >= 0.6 is 0 Å². The third-order valence-electron chi connectivity index (χ3n) is 6.43. The number of phenols is 1. The maximum absolute atomic E-state index is 13.5. The number of methoxy groups -OCH3 is 2. The van der Waals surface area contributed by atoms with Crippen molar-refractivity contribution >= 4 is 22.4 Å². The number of hydrogen-bond donors (Lipinski definition) is 1. The molecule has 1 amide bonds. The molecule has 0 aliphatic carbocycles. The molecule has 0 bridgehead atoms. The van der Waals surface area contributed by atoms with E-state index in [1.54, 1.807) is 29.2 Å². The Balaban J connectivity index is 1.69. The molecule has 0 radical (unpaired) electrons. The van der Waals surface area contributed by atoms with Crippen molar-refractivity contribution < 1.29 is 23.8 Å². The summed E-state index contributed by atoms with van der Waals surface area (Å²) >= 11 is 0. The lowest BCUT2D eigenvalue weighted by atomic mass is 9.81. The van der Waals surface area contributed by atoms with E-state index < -0.39 is 0 Å². The zero-order valence-corrected chi connectivity index (χ0v) is 18.9. The summed E-state index contributed by atoms with van der Waals surface area (Å²) in [5, 5.41) is 12.5. The van der Waals surface area contributed by atoms with Gasteiger partial charge in [-0.15, -0.1) is 0 Å². The molecular weight excluding hydrogens is 433 g/mol. The minimum Gasteiger partial charge on any atom is -0.502 e. The van der Waals surface area contributed by atoms with E-state index in [0.717, 1.165) is 33.2 Å². The molecule has 0 saturated carbocycles. The van der Waals surface area contributed by atoms with Gasteiger partial charge in [-0.25, -0.2) is 4.39 Å². The Bertz CT molecular complexity index is 1360. The molecule has 1 aliphatic heterocycles. The normalized spacial score (nSPS) is 15.3. The van der Waals surface area contributed by atoms with E-state index in [9.17, 15) is 14.3 Å². The number of fused-ring (bicyclic) bond motifs is 3. The molecule has 1 heterocycles. The molecule has 0 fully saturated rings. The van der Waals surface area contributed by atoms with E-state index in [0.29, 0.717) is 6.54 Å². The first-order chi connectivity index (χ1) is 16.5. The lowest BCUT2D eigenvalue weighted by Gasteiger charge is -2.35. The molecule has 0 saturated heterocycles. The molecule has 172 valence electrons. The Morgan fingerprint density at radius 3 is 2.32 bits per heavy atom. The first kappa shape index (κ1) is 21.8. The highest BCUT2D eigenvalue weighted by Gasteiger charge is 2.34. The second-order valence-electron chi connectivity index (χ2n) is 8.36. The number of carbonyl (C=O) groups excluding carboxylic acids is 1. The van der Waals surface area contributed by atoms with Crippen molar-refractivity contribution in [2.45, 2.75) is 18.9 Å². The lowest BCUT2D eigenvalue weighted by Crippen LogP contribution is -2.36. The van der Waals surface area contributed by atoms with Gasteiger partial charge in [0.05, 0.1) is 20.8 Å². The maximum atomic E-state index is 13.5. The van der Waals surface area contributed by atoms with Crippen LogP contribution in [0.15, 0.2) is 72.8 Å². The van der Waals surface area contributed by atoms with Crippen LogP contribution in [0.2, 0.25) is 0 Å². The summed E-state index contributed by atoms with van der Waals surface area (Å²) in [6.45, 7) is 0.347. The van der Waals surface area contributed by atoms with Crippen LogP contribution in [0.1, 0.15) is 29.0 Å². The molecule has 34 heavy (non-hydrogen) atoms. The molecule has 5 rings (SSSR count). The van der Waals surface area contributed by atoms with Crippen molar-refractivity contribution in [2.24, 2.45) is 0 Å². The number of halogens is 1. The SMILES string of the molecule is COc1cc(C2CC(=O)N(Cc3ccc(F)cc3)c3ccc4ccccc4c32)cc(OC)c1O. The molecule has 1 unspecified atom stereocenters. The van der Waals surface area contributed by atoms with Gasteiger partial charge in [0.15, 0.2) is 11.5 Å². The Hall–Kier alpha value is -4.06. The maximum Gasteiger partial charge on any atom is 0.228 e. The summed E-state index contributed by atoms with van der Waals surface area (Å²) in [5.74, 6) is -0.110. The predicted octanol–water partition coefficient (Wildman–Crippen LogP) is 5.77. The van der Waals surface area contributed by atoms with Crippen LogP contribution in [-0.2, 0) is 11.3 Å². The Morgan fingerprint density at radius 2 is 1.65 bits per heavy atom. The second-order valence-corrected chi connectivity index (χ2v) is 8.36. The molecule has 1 N–H and O–H groups in total. The van der Waals surface area contributed by atoms with Gasteiger partial charge in [-0.2, -0.15) is 0 Å². The summed E-state index contributed by atoms with van der Waals surface area (Å²) < 4.78 is 24.2. The van der Waals surface area contributed by atoms with E-state index in [1.165, 1.54) is 26.4 Å². The summed E-state index contributed by atoms with van der Waals surface area (Å²) in [7, 11) is 2.97. The number of amides is 1. The average Bonchev–Trinajstić information content (AvgIpc) is 2.86. The van der Waals surface area contributed by atoms with Crippen molar-refractivity contribution in [1.29, 1.82) is 0 Å². The van der Waals surface area contributed by atoms with Crippen LogP contribution in [0, 0.1) is 5.82 Å². The number of aromatic hydroxyl groups is 1. The van der Waals surface area contributed by atoms with E-state index in [-0.39, 0.29) is 41.3 Å². The number of phenolic OH excluding ortho intramolecular Hbond substituents is 1. The third-order valence-corrected chi connectivity index (χ3v) is 6.43. The number of carbonyl (C=O) groups is 1. The summed E-state index contributed by atoms with van der Waals surface area (Å²) in [5.41, 5.74) is 3.50. The first-order valence-electron chi connectivity index (χ1n) is 11.0. The van der Waals surface area contributed by atoms with Crippen molar-refractivity contribution in [3.05, 3.63) is 95.3 Å². The molecule has 4 aromatic rings. The van der Waals surface area contributed by atoms with Crippen molar-refractivity contribution in [2.75, 3.05) is 19.1 Å². The number of rotatable bonds is 5. The monoisotopic (exact) mass is 457 g/mol. The fraction of sp³-hybridized carbons (Fsp3) is 0.179. The topological polar surface area (TPSA) is 59.0 Å². The molecule has 6 heteroatoms. The van der Waals surface area contributed by atoms with E-state index in [4.69, 9.17) is 9.47 Å². The van der Waals surface area contributed by atoms with Crippen LogP contribution in [0.3, 0.4) is 0 Å². The Kier molecular flexibility index (Phi) is 5.57. The fourth-order valence-corrected chi connectivity index (χ4v) is 4.75. The van der Waals surface area contributed by atoms with Crippen LogP contribution in [-0.4, -0.2) is 25.2 Å². The molecule has 0 spiro atoms. The van der Waals surface area contributed by atoms with Crippen LogP contribution in [0.4, 0.5) is 10.1 Å². The number of benzene rings is 4. The van der Waals surface area contributed by atoms with Gasteiger partial charge in [0.2, 0.25) is 11.7 Å². The summed E-state index contributed by atoms with van der Waals surface area (Å²) in [4.78, 5) is 15.2. The van der Waals surface area contributed by atoms with Crippen molar-refractivity contribution in [3.63, 3.8) is 0 Å². The van der Waals surface area contributed by atoms with Gasteiger partial charge < -0.3 is 19.5 Å². The molecular formula is C28H24FNO4. The molecule has 5 nitrogen and oxygen atoms in total. The molecule has 4 aromatic carbocycles. The van der Waals surface area contributed by atoms with Crippen molar-refractivity contribution in [3.8, 4) is 17.2 Å². The number of nitrogens with zero attached hydrogens (tertiary/aromatic N) is 1. The predicted molar refractivity (Wildman–Crippen MR) is 129 cm³/mol. The zero-order chi connectivity index (χ0) is 23.8. The molecule has 1 aliphatic rings. The van der Waals surface area contributed by atoms with Gasteiger partial charge in [0.1, 0.15) is 5.82 Å². The Morgan fingerprint density at radius 1 is 0.971 bits per heavy atom. The zero-order valence-electron chi connectivity index (χ0n) is 18.9.